The van der Waals surface area contributed by atoms with Crippen molar-refractivity contribution in [1.29, 1.82) is 0 Å². The third kappa shape index (κ3) is 4.56. The van der Waals surface area contributed by atoms with Crippen LogP contribution in [0.2, 0.25) is 0 Å². The Morgan fingerprint density at radius 1 is 1.59 bits per heavy atom. The molecule has 5 heteroatoms. The van der Waals surface area contributed by atoms with Crippen LogP contribution in [0.4, 0.5) is 0 Å². The van der Waals surface area contributed by atoms with E-state index in [0.717, 1.165) is 19.5 Å². The third-order valence-electron chi connectivity index (χ3n) is 2.76. The molecule has 0 aromatic carbocycles. The van der Waals surface area contributed by atoms with Crippen LogP contribution in [-0.4, -0.2) is 50.1 Å². The zero-order chi connectivity index (χ0) is 12.7. The molecule has 1 amide bonds. The highest BCUT2D eigenvalue weighted by atomic mass is 16.5. The van der Waals surface area contributed by atoms with Gasteiger partial charge in [0.2, 0.25) is 5.91 Å². The summed E-state index contributed by atoms with van der Waals surface area (Å²) in [6, 6.07) is 0. The van der Waals surface area contributed by atoms with Gasteiger partial charge in [-0.2, -0.15) is 0 Å². The molecule has 0 aromatic rings. The number of ether oxygens (including phenoxy) is 1. The molecule has 5 nitrogen and oxygen atoms in total. The van der Waals surface area contributed by atoms with Crippen LogP contribution in [0.25, 0.3) is 0 Å². The van der Waals surface area contributed by atoms with Gasteiger partial charge in [0.05, 0.1) is 13.7 Å². The Morgan fingerprint density at radius 2 is 2.35 bits per heavy atom. The molecule has 0 saturated carbocycles. The van der Waals surface area contributed by atoms with Crippen molar-refractivity contribution in [3.63, 3.8) is 0 Å². The lowest BCUT2D eigenvalue weighted by Crippen LogP contribution is -2.33. The van der Waals surface area contributed by atoms with Crippen molar-refractivity contribution in [3.8, 4) is 0 Å². The van der Waals surface area contributed by atoms with Crippen LogP contribution in [0.1, 0.15) is 19.8 Å². The standard InChI is InChI=1S/C12H20N2O3/c1-3-10(12(16)17-2)5-8-14-7-4-6-13-11(15)9-14/h5H,3-4,6-9H2,1-2H3,(H,13,15). The van der Waals surface area contributed by atoms with Crippen molar-refractivity contribution in [2.45, 2.75) is 19.8 Å². The zero-order valence-electron chi connectivity index (χ0n) is 10.5. The molecular weight excluding hydrogens is 220 g/mol. The Balaban J connectivity index is 2.54. The summed E-state index contributed by atoms with van der Waals surface area (Å²) in [7, 11) is 1.38. The van der Waals surface area contributed by atoms with E-state index in [1.807, 2.05) is 17.9 Å². The van der Waals surface area contributed by atoms with Crippen LogP contribution in [0.3, 0.4) is 0 Å². The molecule has 0 radical (unpaired) electrons. The topological polar surface area (TPSA) is 58.6 Å². The maximum atomic E-state index is 11.4. The first-order valence-electron chi connectivity index (χ1n) is 5.93. The fraction of sp³-hybridized carbons (Fsp3) is 0.667. The maximum Gasteiger partial charge on any atom is 0.333 e. The number of rotatable bonds is 4. The van der Waals surface area contributed by atoms with Crippen LogP contribution in [0.5, 0.6) is 0 Å². The minimum atomic E-state index is -0.285. The molecule has 0 aromatic heterocycles. The Morgan fingerprint density at radius 3 is 3.00 bits per heavy atom. The average Bonchev–Trinajstić information content (AvgIpc) is 2.54. The van der Waals surface area contributed by atoms with Gasteiger partial charge in [0.15, 0.2) is 0 Å². The predicted octanol–water partition coefficient (Wildman–Crippen LogP) is 0.318. The summed E-state index contributed by atoms with van der Waals surface area (Å²) in [5.74, 6) is -0.237. The number of nitrogens with one attached hydrogen (secondary N) is 1. The molecule has 1 aliphatic heterocycles. The van der Waals surface area contributed by atoms with E-state index in [0.29, 0.717) is 25.1 Å². The largest absolute Gasteiger partial charge is 0.466 e. The first-order chi connectivity index (χ1) is 8.17. The molecule has 0 atom stereocenters. The van der Waals surface area contributed by atoms with E-state index in [4.69, 9.17) is 0 Å². The van der Waals surface area contributed by atoms with E-state index >= 15 is 0 Å². The molecule has 96 valence electrons. The average molecular weight is 240 g/mol. The van der Waals surface area contributed by atoms with Crippen LogP contribution in [0.15, 0.2) is 11.6 Å². The summed E-state index contributed by atoms with van der Waals surface area (Å²) in [5.41, 5.74) is 0.664. The molecule has 0 unspecified atom stereocenters. The first-order valence-corrected chi connectivity index (χ1v) is 5.93. The second-order valence-electron chi connectivity index (χ2n) is 4.01. The molecule has 1 rings (SSSR count). The summed E-state index contributed by atoms with van der Waals surface area (Å²) in [6.07, 6.45) is 3.44. The molecular formula is C12H20N2O3. The fourth-order valence-corrected chi connectivity index (χ4v) is 1.77. The minimum Gasteiger partial charge on any atom is -0.466 e. The molecule has 1 N–H and O–H groups in total. The van der Waals surface area contributed by atoms with Crippen molar-refractivity contribution < 1.29 is 14.3 Å². The number of carbonyl (C=O) groups excluding carboxylic acids is 2. The third-order valence-corrected chi connectivity index (χ3v) is 2.76. The number of hydrogen-bond donors (Lipinski definition) is 1. The maximum absolute atomic E-state index is 11.4. The Hall–Kier alpha value is -1.36. The van der Waals surface area contributed by atoms with Crippen LogP contribution < -0.4 is 5.32 Å². The number of amides is 1. The van der Waals surface area contributed by atoms with E-state index in [2.05, 4.69) is 10.1 Å². The van der Waals surface area contributed by atoms with Gasteiger partial charge >= 0.3 is 5.97 Å². The monoisotopic (exact) mass is 240 g/mol. The lowest BCUT2D eigenvalue weighted by molar-refractivity contribution is -0.136. The summed E-state index contributed by atoms with van der Waals surface area (Å²) in [4.78, 5) is 24.7. The molecule has 0 aliphatic carbocycles. The quantitative estimate of drug-likeness (QED) is 0.568. The summed E-state index contributed by atoms with van der Waals surface area (Å²) >= 11 is 0. The number of hydrogen-bond acceptors (Lipinski definition) is 4. The first kappa shape index (κ1) is 13.7. The highest BCUT2D eigenvalue weighted by Gasteiger charge is 2.14. The van der Waals surface area contributed by atoms with E-state index in [9.17, 15) is 9.59 Å². The van der Waals surface area contributed by atoms with Crippen molar-refractivity contribution in [2.24, 2.45) is 0 Å². The van der Waals surface area contributed by atoms with E-state index < -0.39 is 0 Å². The van der Waals surface area contributed by atoms with Crippen molar-refractivity contribution in [3.05, 3.63) is 11.6 Å². The van der Waals surface area contributed by atoms with E-state index in [1.165, 1.54) is 7.11 Å². The van der Waals surface area contributed by atoms with Gasteiger partial charge in [-0.05, 0) is 12.8 Å². The highest BCUT2D eigenvalue weighted by Crippen LogP contribution is 2.04. The normalized spacial score (nSPS) is 18.5. The van der Waals surface area contributed by atoms with Gasteiger partial charge in [0.25, 0.3) is 0 Å². The van der Waals surface area contributed by atoms with Crippen molar-refractivity contribution >= 4 is 11.9 Å². The van der Waals surface area contributed by atoms with Crippen molar-refractivity contribution in [2.75, 3.05) is 33.3 Å². The summed E-state index contributed by atoms with van der Waals surface area (Å²) in [6.45, 7) is 4.53. The summed E-state index contributed by atoms with van der Waals surface area (Å²) < 4.78 is 4.68. The van der Waals surface area contributed by atoms with Gasteiger partial charge in [-0.1, -0.05) is 13.0 Å². The Bertz CT molecular complexity index is 313. The fourth-order valence-electron chi connectivity index (χ4n) is 1.77. The van der Waals surface area contributed by atoms with Crippen LogP contribution >= 0.6 is 0 Å². The molecule has 0 spiro atoms. The predicted molar refractivity (Wildman–Crippen MR) is 64.5 cm³/mol. The lowest BCUT2D eigenvalue weighted by Gasteiger charge is -2.16. The SMILES string of the molecule is CCC(=CCN1CCCNC(=O)C1)C(=O)OC. The number of nitrogens with zero attached hydrogens (tertiary/aromatic N) is 1. The molecule has 1 aliphatic rings. The van der Waals surface area contributed by atoms with E-state index in [-0.39, 0.29) is 11.9 Å². The molecule has 1 fully saturated rings. The molecule has 1 saturated heterocycles. The van der Waals surface area contributed by atoms with Gasteiger partial charge < -0.3 is 10.1 Å². The van der Waals surface area contributed by atoms with Crippen molar-refractivity contribution in [1.82, 2.24) is 10.2 Å². The number of esters is 1. The van der Waals surface area contributed by atoms with Gasteiger partial charge in [0.1, 0.15) is 0 Å². The molecule has 17 heavy (non-hydrogen) atoms. The molecule has 0 bridgehead atoms. The van der Waals surface area contributed by atoms with Gasteiger partial charge in [-0.25, -0.2) is 4.79 Å². The second-order valence-corrected chi connectivity index (χ2v) is 4.01. The van der Waals surface area contributed by atoms with Gasteiger partial charge in [-0.3, -0.25) is 9.69 Å². The number of carbonyl (C=O) groups is 2. The smallest absolute Gasteiger partial charge is 0.333 e. The second kappa shape index (κ2) is 7.06. The summed E-state index contributed by atoms with van der Waals surface area (Å²) in [5, 5.41) is 2.82. The Kier molecular flexibility index (Phi) is 5.69. The van der Waals surface area contributed by atoms with Gasteiger partial charge in [0, 0.05) is 25.2 Å². The Labute approximate surface area is 102 Å². The highest BCUT2D eigenvalue weighted by molar-refractivity contribution is 5.88. The number of methoxy groups -OCH3 is 1. The molecule has 1 heterocycles. The lowest BCUT2D eigenvalue weighted by atomic mass is 10.2. The minimum absolute atomic E-state index is 0.0482. The van der Waals surface area contributed by atoms with Gasteiger partial charge in [-0.15, -0.1) is 0 Å². The van der Waals surface area contributed by atoms with Crippen LogP contribution in [0, 0.1) is 0 Å². The zero-order valence-corrected chi connectivity index (χ0v) is 10.5. The van der Waals surface area contributed by atoms with Crippen LogP contribution in [-0.2, 0) is 14.3 Å². The van der Waals surface area contributed by atoms with E-state index in [1.54, 1.807) is 0 Å².